The van der Waals surface area contributed by atoms with Gasteiger partial charge >= 0.3 is 18.0 Å². The van der Waals surface area contributed by atoms with E-state index in [9.17, 15) is 50.7 Å². The number of hydrogen-bond acceptors (Lipinski definition) is 9. The number of tetrazole rings is 1. The van der Waals surface area contributed by atoms with Gasteiger partial charge in [-0.25, -0.2) is 9.07 Å². The lowest BCUT2D eigenvalue weighted by Crippen LogP contribution is -2.50. The number of aliphatic hydroxyl groups excluding tert-OH is 1. The molecule has 0 bridgehead atoms. The highest BCUT2D eigenvalue weighted by Crippen LogP contribution is 2.52. The summed E-state index contributed by atoms with van der Waals surface area (Å²) in [6, 6.07) is 1.01. The molecule has 2 aromatic heterocycles. The van der Waals surface area contributed by atoms with Crippen molar-refractivity contribution in [1.82, 2.24) is 25.2 Å². The van der Waals surface area contributed by atoms with Gasteiger partial charge in [-0.15, -0.1) is 5.10 Å². The number of pyridine rings is 1. The fourth-order valence-corrected chi connectivity index (χ4v) is 4.61. The number of aliphatic hydroxyl groups is 1. The third-order valence-electron chi connectivity index (χ3n) is 5.69. The molecule has 0 atom stereocenters. The molecule has 0 aliphatic heterocycles. The number of nitro benzene ring substituents is 1. The third-order valence-corrected chi connectivity index (χ3v) is 6.77. The number of aromatic nitrogens is 5. The highest BCUT2D eigenvalue weighted by molar-refractivity contribution is 7.99. The highest BCUT2D eigenvalue weighted by Gasteiger charge is 2.73. The number of nitrogens with zero attached hydrogens (tertiary/aromatic N) is 6. The molecule has 3 aromatic rings. The van der Waals surface area contributed by atoms with E-state index in [0.717, 1.165) is 0 Å². The molecule has 0 aliphatic rings. The molecule has 0 spiro atoms. The maximum atomic E-state index is 15.2. The smallest absolute Gasteiger partial charge is 0.396 e. The summed E-state index contributed by atoms with van der Waals surface area (Å²) in [4.78, 5) is 25.6. The molecule has 0 aliphatic carbocycles. The van der Waals surface area contributed by atoms with Crippen LogP contribution in [0.5, 0.6) is 0 Å². The third kappa shape index (κ3) is 5.78. The van der Waals surface area contributed by atoms with Gasteiger partial charge in [-0.05, 0) is 48.5 Å². The standard InChI is InChI=1S/C21H17F8N7O4S/c1-18(2,3-4-37)35-17(32-33-34-35)41-15-11(6-10(36(39)40)7-12(15)16(30)38)14-13(22)5-9(8-31-14)19(23,24)20(25,26)21(27,28)29/h5-8,37H,3-4H2,1-2H3,(H2,30,38). The molecule has 1 amide bonds. The molecule has 0 saturated heterocycles. The Balaban J connectivity index is 2.27. The molecular weight excluding hydrogens is 598 g/mol. The summed E-state index contributed by atoms with van der Waals surface area (Å²) in [5.74, 6) is -15.8. The number of carbonyl (C=O) groups is 1. The van der Waals surface area contributed by atoms with Crippen LogP contribution in [0.4, 0.5) is 40.8 Å². The summed E-state index contributed by atoms with van der Waals surface area (Å²) >= 11 is 0.495. The van der Waals surface area contributed by atoms with Gasteiger partial charge in [-0.1, -0.05) is 0 Å². The van der Waals surface area contributed by atoms with Gasteiger partial charge in [0.1, 0.15) is 11.5 Å². The van der Waals surface area contributed by atoms with Gasteiger partial charge in [0, 0.05) is 41.0 Å². The first-order valence-electron chi connectivity index (χ1n) is 10.9. The van der Waals surface area contributed by atoms with Crippen molar-refractivity contribution >= 4 is 23.4 Å². The van der Waals surface area contributed by atoms with Crippen LogP contribution in [0.25, 0.3) is 11.3 Å². The Labute approximate surface area is 227 Å². The van der Waals surface area contributed by atoms with Gasteiger partial charge in [0.2, 0.25) is 11.1 Å². The molecule has 3 N–H and O–H groups in total. The second kappa shape index (κ2) is 10.8. The van der Waals surface area contributed by atoms with Crippen molar-refractivity contribution in [2.24, 2.45) is 5.73 Å². The number of hydrogen-bond donors (Lipinski definition) is 2. The molecule has 0 radical (unpaired) electrons. The zero-order valence-corrected chi connectivity index (χ0v) is 21.4. The van der Waals surface area contributed by atoms with E-state index in [-0.39, 0.29) is 30.4 Å². The monoisotopic (exact) mass is 615 g/mol. The molecule has 2 heterocycles. The van der Waals surface area contributed by atoms with Gasteiger partial charge in [0.25, 0.3) is 5.69 Å². The largest absolute Gasteiger partial charge is 0.460 e. The topological polar surface area (TPSA) is 163 Å². The van der Waals surface area contributed by atoms with Crippen LogP contribution in [-0.4, -0.2) is 59.8 Å². The molecule has 0 saturated carbocycles. The van der Waals surface area contributed by atoms with Crippen molar-refractivity contribution in [1.29, 1.82) is 0 Å². The number of amides is 1. The maximum absolute atomic E-state index is 15.2. The van der Waals surface area contributed by atoms with Crippen molar-refractivity contribution in [3.63, 3.8) is 0 Å². The second-order valence-electron chi connectivity index (χ2n) is 8.95. The Kier molecular flexibility index (Phi) is 8.32. The molecule has 3 rings (SSSR count). The zero-order chi connectivity index (χ0) is 31.1. The van der Waals surface area contributed by atoms with Gasteiger partial charge in [-0.3, -0.25) is 19.9 Å². The number of primary amides is 1. The minimum Gasteiger partial charge on any atom is -0.396 e. The predicted molar refractivity (Wildman–Crippen MR) is 123 cm³/mol. The summed E-state index contributed by atoms with van der Waals surface area (Å²) in [5.41, 5.74) is -0.913. The maximum Gasteiger partial charge on any atom is 0.460 e. The van der Waals surface area contributed by atoms with E-state index in [4.69, 9.17) is 5.73 Å². The summed E-state index contributed by atoms with van der Waals surface area (Å²) < 4.78 is 109. The first-order valence-corrected chi connectivity index (χ1v) is 11.8. The zero-order valence-electron chi connectivity index (χ0n) is 20.6. The summed E-state index contributed by atoms with van der Waals surface area (Å²) in [6.07, 6.45) is -6.76. The van der Waals surface area contributed by atoms with E-state index in [1.54, 1.807) is 13.8 Å². The van der Waals surface area contributed by atoms with Crippen LogP contribution in [0.3, 0.4) is 0 Å². The lowest BCUT2D eigenvalue weighted by molar-refractivity contribution is -0.384. The number of nitro groups is 1. The first-order chi connectivity index (χ1) is 18.8. The Bertz CT molecular complexity index is 1500. The summed E-state index contributed by atoms with van der Waals surface area (Å²) in [6.45, 7) is 2.89. The molecule has 0 fully saturated rings. The van der Waals surface area contributed by atoms with Gasteiger partial charge in [0.05, 0.1) is 16.0 Å². The number of rotatable bonds is 10. The van der Waals surface area contributed by atoms with Crippen molar-refractivity contribution in [3.05, 3.63) is 51.5 Å². The second-order valence-corrected chi connectivity index (χ2v) is 9.93. The lowest BCUT2D eigenvalue weighted by atomic mass is 10.0. The van der Waals surface area contributed by atoms with Gasteiger partial charge < -0.3 is 10.8 Å². The molecule has 1 aromatic carbocycles. The van der Waals surface area contributed by atoms with E-state index in [0.29, 0.717) is 23.9 Å². The number of nitrogens with two attached hydrogens (primary N) is 1. The Morgan fingerprint density at radius 1 is 1.15 bits per heavy atom. The summed E-state index contributed by atoms with van der Waals surface area (Å²) in [5, 5.41) is 31.8. The van der Waals surface area contributed by atoms with Crippen molar-refractivity contribution in [2.75, 3.05) is 6.61 Å². The van der Waals surface area contributed by atoms with Crippen LogP contribution in [0.1, 0.15) is 36.2 Å². The summed E-state index contributed by atoms with van der Waals surface area (Å²) in [7, 11) is 0. The van der Waals surface area contributed by atoms with Crippen LogP contribution in [-0.2, 0) is 11.5 Å². The van der Waals surface area contributed by atoms with E-state index in [1.807, 2.05) is 0 Å². The van der Waals surface area contributed by atoms with Crippen molar-refractivity contribution in [2.45, 2.75) is 53.9 Å². The quantitative estimate of drug-likeness (QED) is 0.191. The minimum absolute atomic E-state index is 0.107. The minimum atomic E-state index is -6.71. The lowest BCUT2D eigenvalue weighted by Gasteiger charge is -2.28. The molecule has 222 valence electrons. The molecule has 11 nitrogen and oxygen atoms in total. The normalized spacial score (nSPS) is 13.0. The van der Waals surface area contributed by atoms with Crippen LogP contribution in [0.2, 0.25) is 0 Å². The Morgan fingerprint density at radius 3 is 2.29 bits per heavy atom. The van der Waals surface area contributed by atoms with Gasteiger partial charge in [-0.2, -0.15) is 30.7 Å². The van der Waals surface area contributed by atoms with Gasteiger partial charge in [0.15, 0.2) is 0 Å². The van der Waals surface area contributed by atoms with Crippen LogP contribution in [0.15, 0.2) is 34.4 Å². The number of alkyl halides is 7. The van der Waals surface area contributed by atoms with Crippen LogP contribution in [0, 0.1) is 15.9 Å². The highest BCUT2D eigenvalue weighted by atomic mass is 32.2. The van der Waals surface area contributed by atoms with E-state index >= 15 is 4.39 Å². The molecule has 20 heteroatoms. The van der Waals surface area contributed by atoms with Crippen LogP contribution >= 0.6 is 11.8 Å². The Morgan fingerprint density at radius 2 is 1.78 bits per heavy atom. The average Bonchev–Trinajstić information content (AvgIpc) is 3.32. The van der Waals surface area contributed by atoms with E-state index < -0.39 is 73.2 Å². The first kappa shape index (κ1) is 31.6. The molecule has 41 heavy (non-hydrogen) atoms. The predicted octanol–water partition coefficient (Wildman–Crippen LogP) is 4.44. The fourth-order valence-electron chi connectivity index (χ4n) is 3.45. The van der Waals surface area contributed by atoms with E-state index in [2.05, 4.69) is 20.5 Å². The number of benzene rings is 1. The van der Waals surface area contributed by atoms with Crippen molar-refractivity contribution in [3.8, 4) is 11.3 Å². The van der Waals surface area contributed by atoms with Crippen molar-refractivity contribution < 1.29 is 49.9 Å². The Hall–Kier alpha value is -3.94. The van der Waals surface area contributed by atoms with E-state index in [1.165, 1.54) is 4.68 Å². The average molecular weight is 615 g/mol. The molecular formula is C21H17F8N7O4S. The molecule has 0 unspecified atom stereocenters. The van der Waals surface area contributed by atoms with Crippen LogP contribution < -0.4 is 5.73 Å². The fraction of sp³-hybridized carbons (Fsp3) is 0.381. The number of halogens is 8. The SMILES string of the molecule is CC(C)(CCO)n1nnnc1Sc1c(C(N)=O)cc([N+](=O)[O-])cc1-c1ncc(C(F)(F)C(F)(F)C(F)(F)F)cc1F. The number of carbonyl (C=O) groups excluding carboxylic acids is 1. The number of non-ortho nitro benzene ring substituents is 1.